The van der Waals surface area contributed by atoms with E-state index in [1.165, 1.54) is 5.56 Å². The topological polar surface area (TPSA) is 38.3 Å². The van der Waals surface area contributed by atoms with Gasteiger partial charge in [0, 0.05) is 11.1 Å². The van der Waals surface area contributed by atoms with Crippen LogP contribution in [0.1, 0.15) is 33.3 Å². The van der Waals surface area contributed by atoms with Crippen LogP contribution < -0.4 is 10.1 Å². The van der Waals surface area contributed by atoms with Gasteiger partial charge in [0.25, 0.3) is 5.91 Å². The summed E-state index contributed by atoms with van der Waals surface area (Å²) < 4.78 is 5.82. The summed E-state index contributed by atoms with van der Waals surface area (Å²) in [4.78, 5) is 12.6. The molecule has 3 aromatic carbocycles. The lowest BCUT2D eigenvalue weighted by Gasteiger charge is -2.20. The lowest BCUT2D eigenvalue weighted by molar-refractivity contribution is -0.122. The van der Waals surface area contributed by atoms with Gasteiger partial charge in [-0.2, -0.15) is 0 Å². The second kappa shape index (κ2) is 7.20. The van der Waals surface area contributed by atoms with Crippen LogP contribution in [0.25, 0.3) is 10.8 Å². The van der Waals surface area contributed by atoms with Crippen molar-refractivity contribution in [1.29, 1.82) is 0 Å². The van der Waals surface area contributed by atoms with E-state index in [-0.39, 0.29) is 11.3 Å². The molecule has 1 N–H and O–H groups in total. The molecule has 1 amide bonds. The molecule has 0 aliphatic carbocycles. The number of fused-ring (bicyclic) bond motifs is 1. The van der Waals surface area contributed by atoms with E-state index in [0.717, 1.165) is 16.5 Å². The van der Waals surface area contributed by atoms with Crippen LogP contribution in [0, 0.1) is 0 Å². The van der Waals surface area contributed by atoms with Crippen LogP contribution in [-0.2, 0) is 10.2 Å². The van der Waals surface area contributed by atoms with Gasteiger partial charge in [-0.3, -0.25) is 4.79 Å². The molecule has 0 saturated heterocycles. The third-order valence-electron chi connectivity index (χ3n) is 4.45. The summed E-state index contributed by atoms with van der Waals surface area (Å²) in [6.45, 7) is 8.27. The van der Waals surface area contributed by atoms with E-state index in [9.17, 15) is 4.79 Å². The maximum atomic E-state index is 12.6. The predicted octanol–water partition coefficient (Wildman–Crippen LogP) is 5.54. The zero-order valence-corrected chi connectivity index (χ0v) is 15.7. The molecule has 0 spiro atoms. The van der Waals surface area contributed by atoms with Gasteiger partial charge in [-0.05, 0) is 41.5 Å². The van der Waals surface area contributed by atoms with Gasteiger partial charge in [0.05, 0.1) is 0 Å². The quantitative estimate of drug-likeness (QED) is 0.672. The lowest BCUT2D eigenvalue weighted by atomic mass is 9.87. The normalized spacial score (nSPS) is 12.6. The molecule has 3 rings (SSSR count). The summed E-state index contributed by atoms with van der Waals surface area (Å²) in [5.41, 5.74) is 2.12. The summed E-state index contributed by atoms with van der Waals surface area (Å²) in [5, 5.41) is 5.09. The van der Waals surface area contributed by atoms with Crippen LogP contribution >= 0.6 is 0 Å². The monoisotopic (exact) mass is 347 g/mol. The fraction of sp³-hybridized carbons (Fsp3) is 0.261. The summed E-state index contributed by atoms with van der Waals surface area (Å²) in [6, 6.07) is 21.8. The van der Waals surface area contributed by atoms with E-state index in [0.29, 0.717) is 5.75 Å². The molecule has 0 radical (unpaired) electrons. The highest BCUT2D eigenvalue weighted by Gasteiger charge is 2.17. The Morgan fingerprint density at radius 1 is 0.923 bits per heavy atom. The number of carbonyl (C=O) groups excluding carboxylic acids is 1. The molecule has 0 heterocycles. The van der Waals surface area contributed by atoms with Gasteiger partial charge >= 0.3 is 0 Å². The van der Waals surface area contributed by atoms with Gasteiger partial charge in [0.15, 0.2) is 6.10 Å². The number of rotatable bonds is 4. The first-order valence-corrected chi connectivity index (χ1v) is 8.90. The predicted molar refractivity (Wildman–Crippen MR) is 108 cm³/mol. The maximum Gasteiger partial charge on any atom is 0.265 e. The SMILES string of the molecule is CC(Oc1ccc(C(C)(C)C)cc1)C(=O)Nc1cccc2ccccc12. The Bertz CT molecular complexity index is 902. The molecule has 3 nitrogen and oxygen atoms in total. The Morgan fingerprint density at radius 2 is 1.58 bits per heavy atom. The maximum absolute atomic E-state index is 12.6. The largest absolute Gasteiger partial charge is 0.481 e. The fourth-order valence-electron chi connectivity index (χ4n) is 2.86. The number of nitrogens with one attached hydrogen (secondary N) is 1. The molecule has 26 heavy (non-hydrogen) atoms. The summed E-state index contributed by atoms with van der Waals surface area (Å²) in [6.07, 6.45) is -0.588. The first-order chi connectivity index (χ1) is 12.3. The molecule has 1 atom stereocenters. The van der Waals surface area contributed by atoms with Crippen LogP contribution in [-0.4, -0.2) is 12.0 Å². The zero-order valence-electron chi connectivity index (χ0n) is 15.7. The zero-order chi connectivity index (χ0) is 18.7. The molecule has 3 aromatic rings. The molecule has 0 bridgehead atoms. The third-order valence-corrected chi connectivity index (χ3v) is 4.45. The van der Waals surface area contributed by atoms with Crippen molar-refractivity contribution in [3.05, 3.63) is 72.3 Å². The Hall–Kier alpha value is -2.81. The average Bonchev–Trinajstić information content (AvgIpc) is 2.61. The summed E-state index contributed by atoms with van der Waals surface area (Å²) in [5.74, 6) is 0.528. The minimum Gasteiger partial charge on any atom is -0.481 e. The van der Waals surface area contributed by atoms with E-state index in [2.05, 4.69) is 26.1 Å². The molecule has 134 valence electrons. The van der Waals surface area contributed by atoms with Gasteiger partial charge in [-0.15, -0.1) is 0 Å². The Labute approximate surface area is 155 Å². The number of hydrogen-bond donors (Lipinski definition) is 1. The van der Waals surface area contributed by atoms with Gasteiger partial charge < -0.3 is 10.1 Å². The summed E-state index contributed by atoms with van der Waals surface area (Å²) >= 11 is 0. The number of amides is 1. The van der Waals surface area contributed by atoms with Gasteiger partial charge in [0.1, 0.15) is 5.75 Å². The first-order valence-electron chi connectivity index (χ1n) is 8.90. The number of carbonyl (C=O) groups is 1. The number of hydrogen-bond acceptors (Lipinski definition) is 2. The van der Waals surface area contributed by atoms with Crippen molar-refractivity contribution in [2.24, 2.45) is 0 Å². The van der Waals surface area contributed by atoms with Crippen molar-refractivity contribution in [3.8, 4) is 5.75 Å². The first kappa shape index (κ1) is 18.0. The van der Waals surface area contributed by atoms with Crippen LogP contribution in [0.15, 0.2) is 66.7 Å². The number of ether oxygens (including phenoxy) is 1. The highest BCUT2D eigenvalue weighted by atomic mass is 16.5. The van der Waals surface area contributed by atoms with Crippen LogP contribution in [0.2, 0.25) is 0 Å². The van der Waals surface area contributed by atoms with Gasteiger partial charge in [-0.1, -0.05) is 69.3 Å². The molecule has 0 aliphatic rings. The van der Waals surface area contributed by atoms with Gasteiger partial charge in [-0.25, -0.2) is 0 Å². The Balaban J connectivity index is 1.70. The molecule has 1 unspecified atom stereocenters. The minimum atomic E-state index is -0.588. The van der Waals surface area contributed by atoms with Crippen LogP contribution in [0.5, 0.6) is 5.75 Å². The molecule has 3 heteroatoms. The van der Waals surface area contributed by atoms with E-state index in [1.54, 1.807) is 6.92 Å². The van der Waals surface area contributed by atoms with Crippen molar-refractivity contribution >= 4 is 22.4 Å². The van der Waals surface area contributed by atoms with E-state index in [1.807, 2.05) is 66.7 Å². The highest BCUT2D eigenvalue weighted by Crippen LogP contribution is 2.25. The average molecular weight is 347 g/mol. The third kappa shape index (κ3) is 4.05. The molecule has 0 fully saturated rings. The molecular formula is C23H25NO2. The van der Waals surface area contributed by atoms with Crippen molar-refractivity contribution in [3.63, 3.8) is 0 Å². The van der Waals surface area contributed by atoms with Gasteiger partial charge in [0.2, 0.25) is 0 Å². The van der Waals surface area contributed by atoms with Crippen molar-refractivity contribution < 1.29 is 9.53 Å². The second-order valence-corrected chi connectivity index (χ2v) is 7.55. The van der Waals surface area contributed by atoms with Crippen molar-refractivity contribution in [1.82, 2.24) is 0 Å². The summed E-state index contributed by atoms with van der Waals surface area (Å²) in [7, 11) is 0. The van der Waals surface area contributed by atoms with Crippen molar-refractivity contribution in [2.75, 3.05) is 5.32 Å². The fourth-order valence-corrected chi connectivity index (χ4v) is 2.86. The molecular weight excluding hydrogens is 322 g/mol. The van der Waals surface area contributed by atoms with E-state index < -0.39 is 6.10 Å². The lowest BCUT2D eigenvalue weighted by Crippen LogP contribution is -2.30. The highest BCUT2D eigenvalue weighted by molar-refractivity contribution is 6.03. The van der Waals surface area contributed by atoms with E-state index >= 15 is 0 Å². The van der Waals surface area contributed by atoms with E-state index in [4.69, 9.17) is 4.74 Å². The minimum absolute atomic E-state index is 0.0931. The number of anilines is 1. The van der Waals surface area contributed by atoms with Crippen LogP contribution in [0.3, 0.4) is 0 Å². The van der Waals surface area contributed by atoms with Crippen LogP contribution in [0.4, 0.5) is 5.69 Å². The Kier molecular flexibility index (Phi) is 4.99. The molecule has 0 aliphatic heterocycles. The Morgan fingerprint density at radius 3 is 2.27 bits per heavy atom. The smallest absolute Gasteiger partial charge is 0.265 e. The molecule has 0 aromatic heterocycles. The second-order valence-electron chi connectivity index (χ2n) is 7.55. The number of benzene rings is 3. The standard InChI is InChI=1S/C23H25NO2/c1-16(26-19-14-12-18(13-15-19)23(2,3)4)22(25)24-21-11-7-9-17-8-5-6-10-20(17)21/h5-16H,1-4H3,(H,24,25). The molecule has 0 saturated carbocycles. The van der Waals surface area contributed by atoms with Crippen molar-refractivity contribution in [2.45, 2.75) is 39.2 Å².